The van der Waals surface area contributed by atoms with Gasteiger partial charge in [-0.25, -0.2) is 0 Å². The standard InChI is InChI=1S/C11H13NO3/c1-15-11-5-3-8-6-10(12(13)14)4-2-9(8)7-11/h3,5,7,10H,2,4,6H2,1H3. The lowest BCUT2D eigenvalue weighted by molar-refractivity contribution is -0.523. The molecule has 0 amide bonds. The fourth-order valence-corrected chi connectivity index (χ4v) is 2.02. The number of aryl methyl sites for hydroxylation is 1. The molecule has 15 heavy (non-hydrogen) atoms. The molecular weight excluding hydrogens is 194 g/mol. The van der Waals surface area contributed by atoms with Gasteiger partial charge in [-0.15, -0.1) is 0 Å². The van der Waals surface area contributed by atoms with Crippen LogP contribution in [0.5, 0.6) is 5.75 Å². The molecule has 1 aliphatic carbocycles. The minimum Gasteiger partial charge on any atom is -0.497 e. The average molecular weight is 207 g/mol. The van der Waals surface area contributed by atoms with Crippen molar-refractivity contribution in [3.63, 3.8) is 0 Å². The van der Waals surface area contributed by atoms with Crippen LogP contribution < -0.4 is 4.74 Å². The van der Waals surface area contributed by atoms with Crippen molar-refractivity contribution in [1.29, 1.82) is 0 Å². The highest BCUT2D eigenvalue weighted by Gasteiger charge is 2.26. The number of nitro groups is 1. The van der Waals surface area contributed by atoms with Crippen LogP contribution in [-0.2, 0) is 12.8 Å². The van der Waals surface area contributed by atoms with Gasteiger partial charge in [0.2, 0.25) is 6.04 Å². The van der Waals surface area contributed by atoms with Crippen LogP contribution in [0.25, 0.3) is 0 Å². The summed E-state index contributed by atoms with van der Waals surface area (Å²) in [6.45, 7) is 0. The molecule has 2 rings (SSSR count). The van der Waals surface area contributed by atoms with Gasteiger partial charge in [-0.1, -0.05) is 6.07 Å². The van der Waals surface area contributed by atoms with Crippen molar-refractivity contribution < 1.29 is 9.66 Å². The van der Waals surface area contributed by atoms with Gasteiger partial charge in [-0.2, -0.15) is 0 Å². The van der Waals surface area contributed by atoms with Gasteiger partial charge in [0.1, 0.15) is 5.75 Å². The van der Waals surface area contributed by atoms with Crippen molar-refractivity contribution in [3.05, 3.63) is 39.4 Å². The Morgan fingerprint density at radius 3 is 2.93 bits per heavy atom. The molecule has 0 saturated heterocycles. The largest absolute Gasteiger partial charge is 0.497 e. The van der Waals surface area contributed by atoms with Crippen molar-refractivity contribution in [1.82, 2.24) is 0 Å². The van der Waals surface area contributed by atoms with E-state index in [2.05, 4.69) is 0 Å². The molecule has 0 heterocycles. The number of fused-ring (bicyclic) bond motifs is 1. The molecule has 80 valence electrons. The highest BCUT2D eigenvalue weighted by atomic mass is 16.6. The first-order chi connectivity index (χ1) is 7.20. The fraction of sp³-hybridized carbons (Fsp3) is 0.455. The maximum absolute atomic E-state index is 10.7. The van der Waals surface area contributed by atoms with E-state index in [1.54, 1.807) is 7.11 Å². The van der Waals surface area contributed by atoms with Crippen molar-refractivity contribution >= 4 is 0 Å². The number of benzene rings is 1. The molecule has 4 heteroatoms. The monoisotopic (exact) mass is 207 g/mol. The summed E-state index contributed by atoms with van der Waals surface area (Å²) in [5.41, 5.74) is 2.27. The molecule has 0 spiro atoms. The average Bonchev–Trinajstić information content (AvgIpc) is 2.27. The van der Waals surface area contributed by atoms with Gasteiger partial charge in [0, 0.05) is 17.8 Å². The highest BCUT2D eigenvalue weighted by molar-refractivity contribution is 5.37. The molecule has 0 radical (unpaired) electrons. The second-order valence-electron chi connectivity index (χ2n) is 3.82. The van der Waals surface area contributed by atoms with Crippen LogP contribution in [-0.4, -0.2) is 18.1 Å². The number of rotatable bonds is 2. The number of hydrogen-bond acceptors (Lipinski definition) is 3. The van der Waals surface area contributed by atoms with Crippen LogP contribution in [0.4, 0.5) is 0 Å². The third-order valence-corrected chi connectivity index (χ3v) is 2.91. The highest BCUT2D eigenvalue weighted by Crippen LogP contribution is 2.26. The smallest absolute Gasteiger partial charge is 0.217 e. The number of ether oxygens (including phenoxy) is 1. The van der Waals surface area contributed by atoms with E-state index in [9.17, 15) is 10.1 Å². The summed E-state index contributed by atoms with van der Waals surface area (Å²) < 4.78 is 5.12. The minimum atomic E-state index is -0.411. The summed E-state index contributed by atoms with van der Waals surface area (Å²) in [5, 5.41) is 10.7. The lowest BCUT2D eigenvalue weighted by atomic mass is 9.88. The lowest BCUT2D eigenvalue weighted by Gasteiger charge is -2.19. The van der Waals surface area contributed by atoms with Gasteiger partial charge >= 0.3 is 0 Å². The Bertz CT molecular complexity index is 389. The molecule has 1 aliphatic rings. The van der Waals surface area contributed by atoms with Gasteiger partial charge < -0.3 is 4.74 Å². The second kappa shape index (κ2) is 3.88. The topological polar surface area (TPSA) is 52.4 Å². The molecule has 0 bridgehead atoms. The van der Waals surface area contributed by atoms with Gasteiger partial charge in [-0.05, 0) is 29.7 Å². The molecule has 0 N–H and O–H groups in total. The normalized spacial score (nSPS) is 19.4. The van der Waals surface area contributed by atoms with Crippen LogP contribution in [0.15, 0.2) is 18.2 Å². The number of methoxy groups -OCH3 is 1. The zero-order valence-corrected chi connectivity index (χ0v) is 8.60. The Hall–Kier alpha value is -1.58. The van der Waals surface area contributed by atoms with Gasteiger partial charge in [0.15, 0.2) is 0 Å². The predicted molar refractivity (Wildman–Crippen MR) is 55.8 cm³/mol. The van der Waals surface area contributed by atoms with Gasteiger partial charge in [-0.3, -0.25) is 10.1 Å². The first kappa shape index (κ1) is 9.96. The predicted octanol–water partition coefficient (Wildman–Crippen LogP) is 1.83. The quantitative estimate of drug-likeness (QED) is 0.549. The molecule has 1 unspecified atom stereocenters. The summed E-state index contributed by atoms with van der Waals surface area (Å²) in [4.78, 5) is 10.5. The molecule has 1 atom stereocenters. The first-order valence-corrected chi connectivity index (χ1v) is 5.00. The molecule has 4 nitrogen and oxygen atoms in total. The molecule has 0 fully saturated rings. The van der Waals surface area contributed by atoms with Crippen LogP contribution in [0.2, 0.25) is 0 Å². The Morgan fingerprint density at radius 2 is 2.27 bits per heavy atom. The minimum absolute atomic E-state index is 0.173. The maximum atomic E-state index is 10.7. The third kappa shape index (κ3) is 1.93. The van der Waals surface area contributed by atoms with E-state index in [0.29, 0.717) is 12.8 Å². The van der Waals surface area contributed by atoms with Gasteiger partial charge in [0.05, 0.1) is 7.11 Å². The Balaban J connectivity index is 2.24. The Morgan fingerprint density at radius 1 is 1.47 bits per heavy atom. The van der Waals surface area contributed by atoms with E-state index in [1.165, 1.54) is 5.56 Å². The van der Waals surface area contributed by atoms with Crippen molar-refractivity contribution in [2.75, 3.05) is 7.11 Å². The summed E-state index contributed by atoms with van der Waals surface area (Å²) in [5.74, 6) is 0.827. The molecular formula is C11H13NO3. The molecule has 1 aromatic rings. The Labute approximate surface area is 88.0 Å². The third-order valence-electron chi connectivity index (χ3n) is 2.91. The van der Waals surface area contributed by atoms with E-state index in [0.717, 1.165) is 17.7 Å². The summed E-state index contributed by atoms with van der Waals surface area (Å²) in [6, 6.07) is 5.36. The SMILES string of the molecule is COc1ccc2c(c1)CCC([N+](=O)[O-])C2. The lowest BCUT2D eigenvalue weighted by Crippen LogP contribution is -2.27. The summed E-state index contributed by atoms with van der Waals surface area (Å²) in [6.07, 6.45) is 1.96. The molecule has 0 aliphatic heterocycles. The van der Waals surface area contributed by atoms with Crippen LogP contribution in [0.3, 0.4) is 0 Å². The number of nitrogens with zero attached hydrogens (tertiary/aromatic N) is 1. The molecule has 0 aromatic heterocycles. The summed E-state index contributed by atoms with van der Waals surface area (Å²) in [7, 11) is 1.63. The molecule has 1 aromatic carbocycles. The van der Waals surface area contributed by atoms with Crippen LogP contribution in [0.1, 0.15) is 17.5 Å². The van der Waals surface area contributed by atoms with E-state index < -0.39 is 6.04 Å². The number of hydrogen-bond donors (Lipinski definition) is 0. The molecule has 0 saturated carbocycles. The fourth-order valence-electron chi connectivity index (χ4n) is 2.02. The van der Waals surface area contributed by atoms with E-state index in [1.807, 2.05) is 18.2 Å². The second-order valence-corrected chi connectivity index (χ2v) is 3.82. The van der Waals surface area contributed by atoms with E-state index >= 15 is 0 Å². The van der Waals surface area contributed by atoms with Crippen molar-refractivity contribution in [3.8, 4) is 5.75 Å². The van der Waals surface area contributed by atoms with E-state index in [-0.39, 0.29) is 4.92 Å². The van der Waals surface area contributed by atoms with Crippen LogP contribution >= 0.6 is 0 Å². The maximum Gasteiger partial charge on any atom is 0.217 e. The van der Waals surface area contributed by atoms with Crippen molar-refractivity contribution in [2.24, 2.45) is 0 Å². The Kier molecular flexibility index (Phi) is 2.58. The zero-order chi connectivity index (χ0) is 10.8. The van der Waals surface area contributed by atoms with E-state index in [4.69, 9.17) is 4.74 Å². The van der Waals surface area contributed by atoms with Gasteiger partial charge in [0.25, 0.3) is 0 Å². The zero-order valence-electron chi connectivity index (χ0n) is 8.60. The van der Waals surface area contributed by atoms with Crippen molar-refractivity contribution in [2.45, 2.75) is 25.3 Å². The summed E-state index contributed by atoms with van der Waals surface area (Å²) >= 11 is 0. The van der Waals surface area contributed by atoms with Crippen LogP contribution in [0, 0.1) is 10.1 Å². The first-order valence-electron chi connectivity index (χ1n) is 5.00.